The van der Waals surface area contributed by atoms with E-state index in [0.717, 1.165) is 33.0 Å². The van der Waals surface area contributed by atoms with Gasteiger partial charge < -0.3 is 5.32 Å². The summed E-state index contributed by atoms with van der Waals surface area (Å²) in [6.07, 6.45) is 1.70. The molecule has 0 aliphatic heterocycles. The van der Waals surface area contributed by atoms with E-state index in [1.165, 1.54) is 18.3 Å². The summed E-state index contributed by atoms with van der Waals surface area (Å²) in [7, 11) is 0. The van der Waals surface area contributed by atoms with Gasteiger partial charge in [-0.2, -0.15) is 0 Å². The quantitative estimate of drug-likeness (QED) is 0.313. The van der Waals surface area contributed by atoms with E-state index >= 15 is 0 Å². The SMILES string of the molecule is CC(=O)NC(C)c1ccc(-c2csc(NC(=O)c3cc4ccccc4c4cccnc34)n2)cc1. The molecule has 6 nitrogen and oxygen atoms in total. The van der Waals surface area contributed by atoms with Gasteiger partial charge in [0.2, 0.25) is 5.91 Å². The lowest BCUT2D eigenvalue weighted by atomic mass is 10.0. The third kappa shape index (κ3) is 4.25. The summed E-state index contributed by atoms with van der Waals surface area (Å²) in [5, 5.41) is 11.2. The predicted octanol–water partition coefficient (Wildman–Crippen LogP) is 5.96. The molecule has 168 valence electrons. The van der Waals surface area contributed by atoms with E-state index in [1.807, 2.05) is 79.0 Å². The maximum atomic E-state index is 13.2. The fourth-order valence-corrected chi connectivity index (χ4v) is 4.78. The van der Waals surface area contributed by atoms with Crippen LogP contribution in [0.3, 0.4) is 0 Å². The molecule has 2 heterocycles. The van der Waals surface area contributed by atoms with Crippen molar-refractivity contribution >= 4 is 50.0 Å². The Morgan fingerprint density at radius 1 is 0.971 bits per heavy atom. The van der Waals surface area contributed by atoms with Crippen LogP contribution < -0.4 is 10.6 Å². The zero-order valence-corrected chi connectivity index (χ0v) is 19.5. The molecule has 1 atom stereocenters. The molecule has 0 saturated carbocycles. The number of amides is 2. The van der Waals surface area contributed by atoms with E-state index < -0.39 is 0 Å². The number of hydrogen-bond donors (Lipinski definition) is 2. The highest BCUT2D eigenvalue weighted by atomic mass is 32.1. The highest BCUT2D eigenvalue weighted by Gasteiger charge is 2.16. The molecule has 1 unspecified atom stereocenters. The van der Waals surface area contributed by atoms with Gasteiger partial charge in [-0.1, -0.05) is 54.6 Å². The summed E-state index contributed by atoms with van der Waals surface area (Å²) in [6, 6.07) is 21.5. The standard InChI is InChI=1S/C27H22N4O2S/c1-16(29-17(2)32)18-9-11-19(12-10-18)24-15-34-27(30-24)31-26(33)23-14-20-6-3-4-7-21(20)22-8-5-13-28-25(22)23/h3-16H,1-2H3,(H,29,32)(H,30,31,33). The average molecular weight is 467 g/mol. The van der Waals surface area contributed by atoms with Crippen LogP contribution in [0.15, 0.2) is 78.3 Å². The summed E-state index contributed by atoms with van der Waals surface area (Å²) in [5.74, 6) is -0.305. The molecule has 0 fully saturated rings. The molecule has 34 heavy (non-hydrogen) atoms. The number of nitrogens with zero attached hydrogens (tertiary/aromatic N) is 2. The van der Waals surface area contributed by atoms with Crippen molar-refractivity contribution in [1.29, 1.82) is 0 Å². The average Bonchev–Trinajstić information content (AvgIpc) is 3.31. The van der Waals surface area contributed by atoms with Gasteiger partial charge in [0.25, 0.3) is 5.91 Å². The van der Waals surface area contributed by atoms with Crippen LogP contribution in [0.5, 0.6) is 0 Å². The Morgan fingerprint density at radius 3 is 2.53 bits per heavy atom. The highest BCUT2D eigenvalue weighted by Crippen LogP contribution is 2.30. The van der Waals surface area contributed by atoms with Crippen molar-refractivity contribution in [2.45, 2.75) is 19.9 Å². The Balaban J connectivity index is 1.39. The maximum absolute atomic E-state index is 13.2. The van der Waals surface area contributed by atoms with Crippen molar-refractivity contribution in [1.82, 2.24) is 15.3 Å². The molecular weight excluding hydrogens is 444 g/mol. The monoisotopic (exact) mass is 466 g/mol. The molecule has 5 rings (SSSR count). The van der Waals surface area contributed by atoms with Gasteiger partial charge >= 0.3 is 0 Å². The molecule has 2 amide bonds. The summed E-state index contributed by atoms with van der Waals surface area (Å²) in [4.78, 5) is 33.6. The van der Waals surface area contributed by atoms with Gasteiger partial charge in [-0.3, -0.25) is 19.9 Å². The van der Waals surface area contributed by atoms with Crippen molar-refractivity contribution in [2.24, 2.45) is 0 Å². The lowest BCUT2D eigenvalue weighted by Gasteiger charge is -2.13. The van der Waals surface area contributed by atoms with Crippen LogP contribution in [-0.4, -0.2) is 21.8 Å². The van der Waals surface area contributed by atoms with Gasteiger partial charge in [0.15, 0.2) is 5.13 Å². The van der Waals surface area contributed by atoms with Crippen LogP contribution in [0.4, 0.5) is 5.13 Å². The van der Waals surface area contributed by atoms with E-state index in [4.69, 9.17) is 0 Å². The first-order valence-electron chi connectivity index (χ1n) is 10.9. The summed E-state index contributed by atoms with van der Waals surface area (Å²) in [6.45, 7) is 3.45. The molecule has 2 aromatic heterocycles. The number of aromatic nitrogens is 2. The first-order valence-corrected chi connectivity index (χ1v) is 11.8. The largest absolute Gasteiger partial charge is 0.350 e. The number of nitrogens with one attached hydrogen (secondary N) is 2. The van der Waals surface area contributed by atoms with Crippen LogP contribution in [0.2, 0.25) is 0 Å². The first-order chi connectivity index (χ1) is 16.5. The minimum absolute atomic E-state index is 0.0640. The van der Waals surface area contributed by atoms with E-state index in [2.05, 4.69) is 20.6 Å². The number of fused-ring (bicyclic) bond motifs is 3. The second-order valence-electron chi connectivity index (χ2n) is 8.08. The molecule has 7 heteroatoms. The lowest BCUT2D eigenvalue weighted by molar-refractivity contribution is -0.119. The first kappa shape index (κ1) is 21.7. The number of carbonyl (C=O) groups is 2. The van der Waals surface area contributed by atoms with E-state index in [-0.39, 0.29) is 17.9 Å². The van der Waals surface area contributed by atoms with Crippen LogP contribution in [0.1, 0.15) is 35.8 Å². The minimum atomic E-state index is -0.241. The highest BCUT2D eigenvalue weighted by molar-refractivity contribution is 7.14. The fraction of sp³-hybridized carbons (Fsp3) is 0.111. The van der Waals surface area contributed by atoms with E-state index in [9.17, 15) is 9.59 Å². The Hall–Kier alpha value is -4.10. The lowest BCUT2D eigenvalue weighted by Crippen LogP contribution is -2.23. The summed E-state index contributed by atoms with van der Waals surface area (Å²) >= 11 is 1.37. The summed E-state index contributed by atoms with van der Waals surface area (Å²) in [5.41, 5.74) is 3.91. The molecule has 0 spiro atoms. The number of rotatable bonds is 5. The van der Waals surface area contributed by atoms with Crippen molar-refractivity contribution in [3.05, 3.63) is 89.4 Å². The van der Waals surface area contributed by atoms with Gasteiger partial charge in [0.1, 0.15) is 0 Å². The molecular formula is C27H22N4O2S. The number of pyridine rings is 1. The number of anilines is 1. The maximum Gasteiger partial charge on any atom is 0.259 e. The predicted molar refractivity (Wildman–Crippen MR) is 137 cm³/mol. The number of carbonyl (C=O) groups excluding carboxylic acids is 2. The smallest absolute Gasteiger partial charge is 0.259 e. The number of benzene rings is 3. The molecule has 0 radical (unpaired) electrons. The van der Waals surface area contributed by atoms with Gasteiger partial charge in [-0.25, -0.2) is 4.98 Å². The number of thiazole rings is 1. The Labute approximate surface area is 200 Å². The van der Waals surface area contributed by atoms with Gasteiger partial charge in [0.05, 0.1) is 22.8 Å². The van der Waals surface area contributed by atoms with Crippen molar-refractivity contribution in [2.75, 3.05) is 5.32 Å². The second-order valence-corrected chi connectivity index (χ2v) is 8.94. The fourth-order valence-electron chi connectivity index (χ4n) is 4.06. The molecule has 0 saturated heterocycles. The topological polar surface area (TPSA) is 84.0 Å². The normalized spacial score (nSPS) is 11.9. The van der Waals surface area contributed by atoms with Gasteiger partial charge in [-0.05, 0) is 35.4 Å². The minimum Gasteiger partial charge on any atom is -0.350 e. The third-order valence-corrected chi connectivity index (χ3v) is 6.47. The molecule has 0 aliphatic carbocycles. The second kappa shape index (κ2) is 9.03. The van der Waals surface area contributed by atoms with Crippen LogP contribution in [0.25, 0.3) is 32.9 Å². The number of hydrogen-bond acceptors (Lipinski definition) is 5. The van der Waals surface area contributed by atoms with Gasteiger partial charge in [-0.15, -0.1) is 11.3 Å². The Kier molecular flexibility index (Phi) is 5.77. The van der Waals surface area contributed by atoms with E-state index in [1.54, 1.807) is 6.20 Å². The molecule has 3 aromatic carbocycles. The van der Waals surface area contributed by atoms with Crippen molar-refractivity contribution in [3.8, 4) is 11.3 Å². The molecule has 0 aliphatic rings. The zero-order chi connectivity index (χ0) is 23.7. The Bertz CT molecular complexity index is 1530. The van der Waals surface area contributed by atoms with Crippen LogP contribution in [0, 0.1) is 0 Å². The molecule has 0 bridgehead atoms. The molecule has 2 N–H and O–H groups in total. The zero-order valence-electron chi connectivity index (χ0n) is 18.7. The van der Waals surface area contributed by atoms with Crippen LogP contribution >= 0.6 is 11.3 Å². The molecule has 5 aromatic rings. The van der Waals surface area contributed by atoms with Gasteiger partial charge in [0, 0.05) is 29.5 Å². The van der Waals surface area contributed by atoms with Crippen molar-refractivity contribution < 1.29 is 9.59 Å². The third-order valence-electron chi connectivity index (χ3n) is 5.71. The van der Waals surface area contributed by atoms with Crippen LogP contribution in [-0.2, 0) is 4.79 Å². The Morgan fingerprint density at radius 2 is 1.74 bits per heavy atom. The van der Waals surface area contributed by atoms with E-state index in [0.29, 0.717) is 16.2 Å². The van der Waals surface area contributed by atoms with Crippen molar-refractivity contribution in [3.63, 3.8) is 0 Å². The summed E-state index contributed by atoms with van der Waals surface area (Å²) < 4.78 is 0.